The second kappa shape index (κ2) is 4.73. The van der Waals surface area contributed by atoms with Crippen molar-refractivity contribution in [3.63, 3.8) is 0 Å². The molecule has 84 valence electrons. The van der Waals surface area contributed by atoms with Crippen LogP contribution < -0.4 is 5.32 Å². The van der Waals surface area contributed by atoms with Crippen LogP contribution in [0.25, 0.3) is 0 Å². The van der Waals surface area contributed by atoms with E-state index in [1.807, 2.05) is 12.1 Å². The third kappa shape index (κ3) is 2.46. The average Bonchev–Trinajstić information content (AvgIpc) is 2.24. The van der Waals surface area contributed by atoms with Gasteiger partial charge in [-0.2, -0.15) is 5.26 Å². The van der Waals surface area contributed by atoms with E-state index in [4.69, 9.17) is 22.0 Å². The maximum absolute atomic E-state index is 9.15. The van der Waals surface area contributed by atoms with Crippen molar-refractivity contribution in [3.8, 4) is 6.07 Å². The van der Waals surface area contributed by atoms with Gasteiger partial charge in [0, 0.05) is 6.54 Å². The fourth-order valence-electron chi connectivity index (χ4n) is 1.85. The van der Waals surface area contributed by atoms with Gasteiger partial charge < -0.3 is 10.4 Å². The maximum Gasteiger partial charge on any atom is 0.0992 e. The third-order valence-electron chi connectivity index (χ3n) is 2.89. The minimum Gasteiger partial charge on any atom is -0.393 e. The van der Waals surface area contributed by atoms with Crippen LogP contribution in [0.1, 0.15) is 18.4 Å². The molecule has 1 saturated carbocycles. The summed E-state index contributed by atoms with van der Waals surface area (Å²) in [6.07, 6.45) is 1.60. The molecule has 0 unspecified atom stereocenters. The molecule has 2 N–H and O–H groups in total. The van der Waals surface area contributed by atoms with Gasteiger partial charge in [0.1, 0.15) is 0 Å². The summed E-state index contributed by atoms with van der Waals surface area (Å²) < 4.78 is 0. The van der Waals surface area contributed by atoms with Crippen LogP contribution in [0, 0.1) is 17.2 Å². The van der Waals surface area contributed by atoms with Crippen molar-refractivity contribution in [2.45, 2.75) is 18.9 Å². The minimum atomic E-state index is -0.122. The van der Waals surface area contributed by atoms with Crippen molar-refractivity contribution < 1.29 is 5.11 Å². The highest BCUT2D eigenvalue weighted by atomic mass is 35.5. The Bertz CT molecular complexity index is 422. The molecule has 0 atom stereocenters. The molecule has 3 nitrogen and oxygen atoms in total. The highest BCUT2D eigenvalue weighted by molar-refractivity contribution is 6.33. The zero-order valence-electron chi connectivity index (χ0n) is 8.78. The smallest absolute Gasteiger partial charge is 0.0992 e. The van der Waals surface area contributed by atoms with E-state index in [-0.39, 0.29) is 6.10 Å². The minimum absolute atomic E-state index is 0.122. The molecule has 1 aromatic carbocycles. The predicted molar refractivity (Wildman–Crippen MR) is 63.4 cm³/mol. The Morgan fingerprint density at radius 3 is 2.81 bits per heavy atom. The third-order valence-corrected chi connectivity index (χ3v) is 3.20. The molecule has 1 aromatic rings. The normalized spacial score (nSPS) is 23.3. The molecule has 0 heterocycles. The number of nitrogens with one attached hydrogen (secondary N) is 1. The molecule has 0 saturated heterocycles. The Labute approximate surface area is 99.7 Å². The summed E-state index contributed by atoms with van der Waals surface area (Å²) in [5, 5.41) is 21.6. The van der Waals surface area contributed by atoms with Crippen molar-refractivity contribution in [1.82, 2.24) is 0 Å². The van der Waals surface area contributed by atoms with Crippen molar-refractivity contribution in [2.24, 2.45) is 5.92 Å². The van der Waals surface area contributed by atoms with Crippen LogP contribution in [0.15, 0.2) is 18.2 Å². The number of hydrogen-bond donors (Lipinski definition) is 2. The molecule has 1 aliphatic carbocycles. The second-order valence-corrected chi connectivity index (χ2v) is 4.59. The zero-order valence-corrected chi connectivity index (χ0v) is 9.54. The van der Waals surface area contributed by atoms with Gasteiger partial charge in [-0.25, -0.2) is 0 Å². The van der Waals surface area contributed by atoms with Gasteiger partial charge in [-0.05, 0) is 37.0 Å². The Morgan fingerprint density at radius 1 is 1.50 bits per heavy atom. The zero-order chi connectivity index (χ0) is 11.5. The van der Waals surface area contributed by atoms with E-state index in [0.717, 1.165) is 25.1 Å². The highest BCUT2D eigenvalue weighted by Gasteiger charge is 2.26. The van der Waals surface area contributed by atoms with Crippen molar-refractivity contribution in [3.05, 3.63) is 28.8 Å². The molecule has 0 bridgehead atoms. The summed E-state index contributed by atoms with van der Waals surface area (Å²) in [5.74, 6) is 0.529. The summed E-state index contributed by atoms with van der Waals surface area (Å²) in [5.41, 5.74) is 1.41. The lowest BCUT2D eigenvalue weighted by molar-refractivity contribution is 0.0487. The molecular formula is C12H13ClN2O. The quantitative estimate of drug-likeness (QED) is 0.847. The first-order chi connectivity index (χ1) is 7.69. The first-order valence-corrected chi connectivity index (χ1v) is 5.68. The topological polar surface area (TPSA) is 56.0 Å². The summed E-state index contributed by atoms with van der Waals surface area (Å²) in [7, 11) is 0. The molecule has 4 heteroatoms. The molecule has 0 spiro atoms. The Balaban J connectivity index is 1.92. The number of nitrogens with zero attached hydrogens (tertiary/aromatic N) is 1. The van der Waals surface area contributed by atoms with E-state index >= 15 is 0 Å². The highest BCUT2D eigenvalue weighted by Crippen LogP contribution is 2.29. The first kappa shape index (κ1) is 11.3. The van der Waals surface area contributed by atoms with Crippen LogP contribution >= 0.6 is 11.6 Å². The summed E-state index contributed by atoms with van der Waals surface area (Å²) in [6.45, 7) is 0.822. The van der Waals surface area contributed by atoms with E-state index in [9.17, 15) is 0 Å². The predicted octanol–water partition coefficient (Wildman–Crippen LogP) is 2.39. The standard InChI is InChI=1S/C12H13ClN2O/c13-11-5-8(6-14)1-2-12(11)15-7-9-3-10(16)4-9/h1-2,5,9-10,15-16H,3-4,7H2. The Kier molecular flexibility index (Phi) is 3.33. The number of aliphatic hydroxyl groups excluding tert-OH is 1. The molecule has 0 aliphatic heterocycles. The number of halogens is 1. The van der Waals surface area contributed by atoms with Crippen LogP contribution in [0.4, 0.5) is 5.69 Å². The number of rotatable bonds is 3. The molecule has 0 amide bonds. The average molecular weight is 237 g/mol. The van der Waals surface area contributed by atoms with Crippen LogP contribution in [0.3, 0.4) is 0 Å². The Morgan fingerprint density at radius 2 is 2.25 bits per heavy atom. The van der Waals surface area contributed by atoms with Crippen LogP contribution in [0.5, 0.6) is 0 Å². The van der Waals surface area contributed by atoms with Crippen LogP contribution in [0.2, 0.25) is 5.02 Å². The summed E-state index contributed by atoms with van der Waals surface area (Å²) >= 11 is 6.02. The van der Waals surface area contributed by atoms with Gasteiger partial charge >= 0.3 is 0 Å². The van der Waals surface area contributed by atoms with E-state index in [2.05, 4.69) is 5.32 Å². The molecule has 0 aromatic heterocycles. The van der Waals surface area contributed by atoms with Gasteiger partial charge in [0.15, 0.2) is 0 Å². The van der Waals surface area contributed by atoms with Gasteiger partial charge in [0.25, 0.3) is 0 Å². The first-order valence-electron chi connectivity index (χ1n) is 5.30. The van der Waals surface area contributed by atoms with Gasteiger partial charge in [-0.15, -0.1) is 0 Å². The Hall–Kier alpha value is -1.24. The van der Waals surface area contributed by atoms with Gasteiger partial charge in [0.05, 0.1) is 28.4 Å². The lowest BCUT2D eigenvalue weighted by Gasteiger charge is -2.31. The SMILES string of the molecule is N#Cc1ccc(NCC2CC(O)C2)c(Cl)c1. The monoisotopic (exact) mass is 236 g/mol. The number of benzene rings is 1. The van der Waals surface area contributed by atoms with E-state index in [1.165, 1.54) is 0 Å². The number of anilines is 1. The number of hydrogen-bond acceptors (Lipinski definition) is 3. The summed E-state index contributed by atoms with van der Waals surface area (Å²) in [4.78, 5) is 0. The molecule has 16 heavy (non-hydrogen) atoms. The van der Waals surface area contributed by atoms with Gasteiger partial charge in [-0.3, -0.25) is 0 Å². The van der Waals surface area contributed by atoms with Crippen LogP contribution in [-0.4, -0.2) is 17.8 Å². The van der Waals surface area contributed by atoms with Gasteiger partial charge in [-0.1, -0.05) is 11.6 Å². The van der Waals surface area contributed by atoms with Gasteiger partial charge in [0.2, 0.25) is 0 Å². The van der Waals surface area contributed by atoms with Crippen molar-refractivity contribution in [2.75, 3.05) is 11.9 Å². The largest absolute Gasteiger partial charge is 0.393 e. The van der Waals surface area contributed by atoms with E-state index in [1.54, 1.807) is 12.1 Å². The number of aliphatic hydroxyl groups is 1. The summed E-state index contributed by atoms with van der Waals surface area (Å²) in [6, 6.07) is 7.25. The van der Waals surface area contributed by atoms with E-state index in [0.29, 0.717) is 16.5 Å². The fourth-order valence-corrected chi connectivity index (χ4v) is 2.10. The fraction of sp³-hybridized carbons (Fsp3) is 0.417. The second-order valence-electron chi connectivity index (χ2n) is 4.18. The van der Waals surface area contributed by atoms with Crippen LogP contribution in [-0.2, 0) is 0 Å². The maximum atomic E-state index is 9.15. The molecular weight excluding hydrogens is 224 g/mol. The number of nitriles is 1. The van der Waals surface area contributed by atoms with Crippen molar-refractivity contribution >= 4 is 17.3 Å². The molecule has 2 rings (SSSR count). The lowest BCUT2D eigenvalue weighted by atomic mass is 9.82. The van der Waals surface area contributed by atoms with E-state index < -0.39 is 0 Å². The van der Waals surface area contributed by atoms with Crippen molar-refractivity contribution in [1.29, 1.82) is 5.26 Å². The lowest BCUT2D eigenvalue weighted by Crippen LogP contribution is -2.33. The molecule has 1 aliphatic rings. The molecule has 1 fully saturated rings. The molecule has 0 radical (unpaired) electrons.